The molecule has 16 heavy (non-hydrogen) atoms. The Bertz CT molecular complexity index is 258. The highest BCUT2D eigenvalue weighted by Crippen LogP contribution is 2.38. The van der Waals surface area contributed by atoms with Crippen molar-refractivity contribution in [3.63, 3.8) is 0 Å². The molecule has 1 aliphatic rings. The van der Waals surface area contributed by atoms with Crippen molar-refractivity contribution in [2.45, 2.75) is 52.2 Å². The number of allylic oxidation sites excluding steroid dienone is 1. The van der Waals surface area contributed by atoms with Crippen LogP contribution in [0.25, 0.3) is 0 Å². The van der Waals surface area contributed by atoms with Gasteiger partial charge in [-0.15, -0.1) is 0 Å². The molecule has 1 N–H and O–H groups in total. The Hall–Kier alpha value is -0.315. The smallest absolute Gasteiger partial charge is 0.400 e. The Morgan fingerprint density at radius 1 is 1.19 bits per heavy atom. The molecule has 0 unspecified atom stereocenters. The lowest BCUT2D eigenvalue weighted by Crippen LogP contribution is -2.41. The predicted octanol–water partition coefficient (Wildman–Crippen LogP) is 2.17. The number of nitrogens with one attached hydrogen (secondary N) is 1. The van der Waals surface area contributed by atoms with E-state index in [0.717, 1.165) is 13.0 Å². The Morgan fingerprint density at radius 3 is 2.06 bits per heavy atom. The molecule has 1 saturated heterocycles. The van der Waals surface area contributed by atoms with Crippen LogP contribution in [0.5, 0.6) is 0 Å². The molecule has 1 rings (SSSR count). The van der Waals surface area contributed by atoms with Gasteiger partial charge < -0.3 is 14.6 Å². The topological polar surface area (TPSA) is 30.5 Å². The van der Waals surface area contributed by atoms with Gasteiger partial charge in [0.25, 0.3) is 0 Å². The highest BCUT2D eigenvalue weighted by atomic mass is 16.7. The third-order valence-corrected chi connectivity index (χ3v) is 3.59. The van der Waals surface area contributed by atoms with Gasteiger partial charge in [0.15, 0.2) is 0 Å². The normalized spacial score (nSPS) is 23.9. The van der Waals surface area contributed by atoms with Crippen molar-refractivity contribution in [2.24, 2.45) is 0 Å². The molecule has 0 aromatic heterocycles. The zero-order valence-electron chi connectivity index (χ0n) is 11.4. The van der Waals surface area contributed by atoms with Crippen LogP contribution in [0.15, 0.2) is 11.5 Å². The van der Waals surface area contributed by atoms with Gasteiger partial charge in [-0.2, -0.15) is 0 Å². The summed E-state index contributed by atoms with van der Waals surface area (Å²) in [7, 11) is 1.76. The van der Waals surface area contributed by atoms with Crippen LogP contribution < -0.4 is 5.32 Å². The van der Waals surface area contributed by atoms with E-state index in [1.807, 2.05) is 14.0 Å². The van der Waals surface area contributed by atoms with Crippen LogP contribution in [0, 0.1) is 0 Å². The maximum absolute atomic E-state index is 6.00. The fourth-order valence-electron chi connectivity index (χ4n) is 1.66. The van der Waals surface area contributed by atoms with Gasteiger partial charge in [0.05, 0.1) is 11.2 Å². The van der Waals surface area contributed by atoms with Crippen molar-refractivity contribution in [1.82, 2.24) is 5.32 Å². The molecule has 0 radical (unpaired) electrons. The van der Waals surface area contributed by atoms with E-state index in [2.05, 4.69) is 39.1 Å². The van der Waals surface area contributed by atoms with Crippen molar-refractivity contribution < 1.29 is 9.31 Å². The molecule has 0 aromatic rings. The molecule has 0 atom stereocenters. The summed E-state index contributed by atoms with van der Waals surface area (Å²) in [6.45, 7) is 11.3. The Labute approximate surface area is 99.7 Å². The standard InChI is InChI=1S/C12H24BNO2/c1-7-10(8-9-14-6)13-15-11(2,3)12(4,5)16-13/h7,14H,8-9H2,1-6H3/b10-7+. The summed E-state index contributed by atoms with van der Waals surface area (Å²) >= 11 is 0. The third-order valence-electron chi connectivity index (χ3n) is 3.59. The van der Waals surface area contributed by atoms with Crippen LogP contribution >= 0.6 is 0 Å². The molecule has 0 aliphatic carbocycles. The number of rotatable bonds is 4. The second-order valence-electron chi connectivity index (χ2n) is 5.31. The largest absolute Gasteiger partial charge is 0.490 e. The minimum atomic E-state index is -0.244. The third kappa shape index (κ3) is 2.68. The van der Waals surface area contributed by atoms with Gasteiger partial charge in [-0.05, 0) is 60.1 Å². The minimum Gasteiger partial charge on any atom is -0.400 e. The summed E-state index contributed by atoms with van der Waals surface area (Å²) in [4.78, 5) is 0. The predicted molar refractivity (Wildman–Crippen MR) is 68.4 cm³/mol. The van der Waals surface area contributed by atoms with Crippen molar-refractivity contribution in [1.29, 1.82) is 0 Å². The maximum Gasteiger partial charge on any atom is 0.490 e. The van der Waals surface area contributed by atoms with E-state index < -0.39 is 0 Å². The van der Waals surface area contributed by atoms with Crippen LogP contribution in [0.1, 0.15) is 41.0 Å². The second kappa shape index (κ2) is 4.90. The van der Waals surface area contributed by atoms with Gasteiger partial charge in [-0.3, -0.25) is 0 Å². The van der Waals surface area contributed by atoms with Crippen LogP contribution in [0.4, 0.5) is 0 Å². The van der Waals surface area contributed by atoms with E-state index in [0.29, 0.717) is 0 Å². The van der Waals surface area contributed by atoms with Crippen LogP contribution in [0.3, 0.4) is 0 Å². The summed E-state index contributed by atoms with van der Waals surface area (Å²) in [5.41, 5.74) is 0.727. The summed E-state index contributed by atoms with van der Waals surface area (Å²) in [5, 5.41) is 3.15. The first-order valence-corrected chi connectivity index (χ1v) is 5.99. The lowest BCUT2D eigenvalue weighted by atomic mass is 9.76. The minimum absolute atomic E-state index is 0.191. The lowest BCUT2D eigenvalue weighted by Gasteiger charge is -2.32. The van der Waals surface area contributed by atoms with Crippen molar-refractivity contribution in [3.05, 3.63) is 11.5 Å². The molecule has 4 heteroatoms. The molecule has 0 bridgehead atoms. The van der Waals surface area contributed by atoms with Crippen molar-refractivity contribution >= 4 is 7.12 Å². The highest BCUT2D eigenvalue weighted by molar-refractivity contribution is 6.54. The zero-order valence-corrected chi connectivity index (χ0v) is 11.4. The van der Waals surface area contributed by atoms with E-state index in [9.17, 15) is 0 Å². The first kappa shape index (κ1) is 13.7. The maximum atomic E-state index is 6.00. The fraction of sp³-hybridized carbons (Fsp3) is 0.833. The number of hydrogen-bond donors (Lipinski definition) is 1. The molecule has 0 amide bonds. The summed E-state index contributed by atoms with van der Waals surface area (Å²) in [5.74, 6) is 0. The van der Waals surface area contributed by atoms with E-state index in [4.69, 9.17) is 9.31 Å². The van der Waals surface area contributed by atoms with Gasteiger partial charge in [0.2, 0.25) is 0 Å². The van der Waals surface area contributed by atoms with Crippen LogP contribution in [0.2, 0.25) is 0 Å². The highest BCUT2D eigenvalue weighted by Gasteiger charge is 2.51. The zero-order chi connectivity index (χ0) is 12.4. The summed E-state index contributed by atoms with van der Waals surface area (Å²) in [6.07, 6.45) is 3.06. The molecular weight excluding hydrogens is 201 g/mol. The summed E-state index contributed by atoms with van der Waals surface area (Å²) in [6, 6.07) is 0. The van der Waals surface area contributed by atoms with Gasteiger partial charge in [0, 0.05) is 0 Å². The van der Waals surface area contributed by atoms with Gasteiger partial charge >= 0.3 is 7.12 Å². The molecule has 0 aromatic carbocycles. The number of hydrogen-bond acceptors (Lipinski definition) is 3. The van der Waals surface area contributed by atoms with Gasteiger partial charge in [0.1, 0.15) is 0 Å². The molecule has 0 spiro atoms. The Kier molecular flexibility index (Phi) is 4.21. The monoisotopic (exact) mass is 225 g/mol. The van der Waals surface area contributed by atoms with Gasteiger partial charge in [-0.25, -0.2) is 0 Å². The molecule has 1 heterocycles. The van der Waals surface area contributed by atoms with E-state index >= 15 is 0 Å². The Morgan fingerprint density at radius 2 is 1.69 bits per heavy atom. The van der Waals surface area contributed by atoms with E-state index in [1.54, 1.807) is 0 Å². The van der Waals surface area contributed by atoms with E-state index in [-0.39, 0.29) is 18.3 Å². The van der Waals surface area contributed by atoms with Crippen LogP contribution in [-0.2, 0) is 9.31 Å². The van der Waals surface area contributed by atoms with Gasteiger partial charge in [-0.1, -0.05) is 6.08 Å². The molecule has 3 nitrogen and oxygen atoms in total. The molecule has 0 saturated carbocycles. The Balaban J connectivity index is 2.70. The molecule has 1 aliphatic heterocycles. The quantitative estimate of drug-likeness (QED) is 0.744. The second-order valence-corrected chi connectivity index (χ2v) is 5.31. The summed E-state index contributed by atoms with van der Waals surface area (Å²) < 4.78 is 12.0. The van der Waals surface area contributed by atoms with Crippen molar-refractivity contribution in [3.8, 4) is 0 Å². The lowest BCUT2D eigenvalue weighted by molar-refractivity contribution is 0.00578. The molecule has 1 fully saturated rings. The molecular formula is C12H24BNO2. The van der Waals surface area contributed by atoms with Crippen LogP contribution in [-0.4, -0.2) is 31.9 Å². The SMILES string of the molecule is C/C=C(\CCNC)B1OC(C)(C)C(C)(C)O1. The first-order chi connectivity index (χ1) is 7.34. The fourth-order valence-corrected chi connectivity index (χ4v) is 1.66. The van der Waals surface area contributed by atoms with Crippen molar-refractivity contribution in [2.75, 3.05) is 13.6 Å². The molecule has 92 valence electrons. The average molecular weight is 225 g/mol. The first-order valence-electron chi connectivity index (χ1n) is 5.99. The average Bonchev–Trinajstić information content (AvgIpc) is 2.37. The van der Waals surface area contributed by atoms with E-state index in [1.165, 1.54) is 5.47 Å².